The third-order valence-electron chi connectivity index (χ3n) is 2.29. The number of nitrogens with zero attached hydrogens (tertiary/aromatic N) is 2. The normalized spacial score (nSPS) is 10.6. The number of fused-ring (bicyclic) bond motifs is 1. The fraction of sp³-hybridized carbons (Fsp3) is 0.100. The SMILES string of the molecule is NCc1nc(C=O)c2cc(C(=O)O)ccn12. The van der Waals surface area contributed by atoms with E-state index in [1.165, 1.54) is 12.1 Å². The average Bonchev–Trinajstić information content (AvgIpc) is 2.65. The molecule has 0 amide bonds. The van der Waals surface area contributed by atoms with Gasteiger partial charge in [-0.2, -0.15) is 0 Å². The van der Waals surface area contributed by atoms with E-state index in [4.69, 9.17) is 10.8 Å². The summed E-state index contributed by atoms with van der Waals surface area (Å²) in [6.07, 6.45) is 2.13. The largest absolute Gasteiger partial charge is 0.478 e. The highest BCUT2D eigenvalue weighted by Crippen LogP contribution is 2.13. The fourth-order valence-electron chi connectivity index (χ4n) is 1.54. The van der Waals surface area contributed by atoms with Crippen LogP contribution in [0, 0.1) is 0 Å². The van der Waals surface area contributed by atoms with Crippen LogP contribution >= 0.6 is 0 Å². The molecule has 0 saturated heterocycles. The number of hydrogen-bond acceptors (Lipinski definition) is 4. The van der Waals surface area contributed by atoms with Gasteiger partial charge in [-0.1, -0.05) is 0 Å². The molecule has 0 unspecified atom stereocenters. The number of aromatic carboxylic acids is 1. The second kappa shape index (κ2) is 3.74. The lowest BCUT2D eigenvalue weighted by Crippen LogP contribution is -2.03. The molecule has 0 atom stereocenters. The smallest absolute Gasteiger partial charge is 0.335 e. The third kappa shape index (κ3) is 1.45. The third-order valence-corrected chi connectivity index (χ3v) is 2.29. The highest BCUT2D eigenvalue weighted by Gasteiger charge is 2.11. The van der Waals surface area contributed by atoms with E-state index >= 15 is 0 Å². The molecule has 0 radical (unpaired) electrons. The summed E-state index contributed by atoms with van der Waals surface area (Å²) in [5.41, 5.74) is 6.23. The molecule has 0 spiro atoms. The van der Waals surface area contributed by atoms with E-state index in [0.717, 1.165) is 0 Å². The summed E-state index contributed by atoms with van der Waals surface area (Å²) < 4.78 is 1.61. The van der Waals surface area contributed by atoms with Crippen LogP contribution in [0.5, 0.6) is 0 Å². The molecule has 16 heavy (non-hydrogen) atoms. The molecule has 0 bridgehead atoms. The Bertz CT molecular complexity index is 574. The molecule has 0 aliphatic rings. The minimum atomic E-state index is -1.05. The molecule has 82 valence electrons. The predicted octanol–water partition coefficient (Wildman–Crippen LogP) is 0.304. The zero-order valence-electron chi connectivity index (χ0n) is 8.25. The average molecular weight is 219 g/mol. The van der Waals surface area contributed by atoms with Crippen molar-refractivity contribution in [3.05, 3.63) is 35.4 Å². The van der Waals surface area contributed by atoms with Gasteiger partial charge >= 0.3 is 5.97 Å². The minimum Gasteiger partial charge on any atom is -0.478 e. The molecule has 2 rings (SSSR count). The van der Waals surface area contributed by atoms with Gasteiger partial charge in [0.05, 0.1) is 17.6 Å². The van der Waals surface area contributed by atoms with Gasteiger partial charge in [0, 0.05) is 6.20 Å². The van der Waals surface area contributed by atoms with E-state index in [9.17, 15) is 9.59 Å². The van der Waals surface area contributed by atoms with E-state index in [-0.39, 0.29) is 17.8 Å². The molecule has 6 nitrogen and oxygen atoms in total. The summed E-state index contributed by atoms with van der Waals surface area (Å²) in [5.74, 6) is -0.524. The number of carboxylic acid groups (broad SMARTS) is 1. The molecule has 0 aliphatic heterocycles. The summed E-state index contributed by atoms with van der Waals surface area (Å²) in [6.45, 7) is 0.182. The van der Waals surface area contributed by atoms with Crippen LogP contribution in [0.25, 0.3) is 5.52 Å². The van der Waals surface area contributed by atoms with Gasteiger partial charge in [0.1, 0.15) is 11.5 Å². The Kier molecular flexibility index (Phi) is 2.41. The number of aromatic nitrogens is 2. The topological polar surface area (TPSA) is 97.7 Å². The maximum atomic E-state index is 10.8. The van der Waals surface area contributed by atoms with Gasteiger partial charge in [0.25, 0.3) is 0 Å². The van der Waals surface area contributed by atoms with Crippen LogP contribution in [0.3, 0.4) is 0 Å². The highest BCUT2D eigenvalue weighted by molar-refractivity contribution is 5.91. The lowest BCUT2D eigenvalue weighted by Gasteiger charge is -1.99. The molecular formula is C10H9N3O3. The Labute approximate surface area is 90.3 Å². The first-order valence-electron chi connectivity index (χ1n) is 4.57. The van der Waals surface area contributed by atoms with Gasteiger partial charge in [0.15, 0.2) is 6.29 Å². The summed E-state index contributed by atoms with van der Waals surface area (Å²) in [5, 5.41) is 8.83. The minimum absolute atomic E-state index is 0.110. The molecule has 2 aromatic heterocycles. The maximum Gasteiger partial charge on any atom is 0.335 e. The predicted molar refractivity (Wildman–Crippen MR) is 55.4 cm³/mol. The van der Waals surface area contributed by atoms with Crippen molar-refractivity contribution in [2.45, 2.75) is 6.54 Å². The van der Waals surface area contributed by atoms with Crippen molar-refractivity contribution in [2.75, 3.05) is 0 Å². The number of hydrogen-bond donors (Lipinski definition) is 2. The molecule has 0 aromatic carbocycles. The van der Waals surface area contributed by atoms with E-state index < -0.39 is 5.97 Å². The van der Waals surface area contributed by atoms with Gasteiger partial charge in [0.2, 0.25) is 0 Å². The van der Waals surface area contributed by atoms with Crippen molar-refractivity contribution in [3.8, 4) is 0 Å². The van der Waals surface area contributed by atoms with E-state index in [0.29, 0.717) is 17.6 Å². The van der Waals surface area contributed by atoms with Crippen molar-refractivity contribution in [2.24, 2.45) is 5.73 Å². The number of imidazole rings is 1. The Balaban J connectivity index is 2.76. The van der Waals surface area contributed by atoms with Crippen molar-refractivity contribution >= 4 is 17.8 Å². The lowest BCUT2D eigenvalue weighted by molar-refractivity contribution is 0.0696. The van der Waals surface area contributed by atoms with Crippen LogP contribution in [-0.2, 0) is 6.54 Å². The Hall–Kier alpha value is -2.21. The van der Waals surface area contributed by atoms with E-state index in [2.05, 4.69) is 4.98 Å². The number of carbonyl (C=O) groups is 2. The molecule has 2 aromatic rings. The van der Waals surface area contributed by atoms with Crippen molar-refractivity contribution in [1.29, 1.82) is 0 Å². The summed E-state index contributed by atoms with van der Waals surface area (Å²) >= 11 is 0. The Morgan fingerprint density at radius 2 is 2.38 bits per heavy atom. The van der Waals surface area contributed by atoms with Crippen LogP contribution in [-0.4, -0.2) is 26.7 Å². The molecule has 3 N–H and O–H groups in total. The summed E-state index contributed by atoms with van der Waals surface area (Å²) in [7, 11) is 0. The van der Waals surface area contributed by atoms with Gasteiger partial charge in [-0.15, -0.1) is 0 Å². The number of nitrogens with two attached hydrogens (primary N) is 1. The van der Waals surface area contributed by atoms with Gasteiger partial charge in [-0.05, 0) is 12.1 Å². The number of carbonyl (C=O) groups excluding carboxylic acids is 1. The lowest BCUT2D eigenvalue weighted by atomic mass is 10.2. The van der Waals surface area contributed by atoms with Crippen LogP contribution < -0.4 is 5.73 Å². The van der Waals surface area contributed by atoms with Crippen LogP contribution in [0.1, 0.15) is 26.7 Å². The summed E-state index contributed by atoms with van der Waals surface area (Å²) in [6, 6.07) is 2.84. The van der Waals surface area contributed by atoms with Crippen LogP contribution in [0.2, 0.25) is 0 Å². The molecule has 2 heterocycles. The molecule has 0 aliphatic carbocycles. The van der Waals surface area contributed by atoms with Crippen LogP contribution in [0.15, 0.2) is 18.3 Å². The first-order valence-corrected chi connectivity index (χ1v) is 4.57. The zero-order chi connectivity index (χ0) is 11.7. The Morgan fingerprint density at radius 1 is 1.62 bits per heavy atom. The number of rotatable bonds is 3. The summed E-state index contributed by atoms with van der Waals surface area (Å²) in [4.78, 5) is 25.5. The highest BCUT2D eigenvalue weighted by atomic mass is 16.4. The maximum absolute atomic E-state index is 10.8. The second-order valence-electron chi connectivity index (χ2n) is 3.21. The molecule has 0 saturated carbocycles. The zero-order valence-corrected chi connectivity index (χ0v) is 8.25. The number of pyridine rings is 1. The van der Waals surface area contributed by atoms with E-state index in [1.807, 2.05) is 0 Å². The number of carboxylic acids is 1. The van der Waals surface area contributed by atoms with Crippen molar-refractivity contribution < 1.29 is 14.7 Å². The number of aldehydes is 1. The molecule has 0 fully saturated rings. The van der Waals surface area contributed by atoms with Gasteiger partial charge in [-0.3, -0.25) is 4.79 Å². The Morgan fingerprint density at radius 3 is 2.94 bits per heavy atom. The monoisotopic (exact) mass is 219 g/mol. The molecular weight excluding hydrogens is 210 g/mol. The standard InChI is InChI=1S/C10H9N3O3/c11-4-9-12-7(5-14)8-3-6(10(15)16)1-2-13(8)9/h1-3,5H,4,11H2,(H,15,16). The first-order chi connectivity index (χ1) is 7.67. The van der Waals surface area contributed by atoms with Crippen molar-refractivity contribution in [1.82, 2.24) is 9.38 Å². The van der Waals surface area contributed by atoms with Gasteiger partial charge in [-0.25, -0.2) is 9.78 Å². The van der Waals surface area contributed by atoms with Crippen LogP contribution in [0.4, 0.5) is 0 Å². The molecule has 6 heteroatoms. The first kappa shape index (κ1) is 10.3. The van der Waals surface area contributed by atoms with Crippen molar-refractivity contribution in [3.63, 3.8) is 0 Å². The fourth-order valence-corrected chi connectivity index (χ4v) is 1.54. The quantitative estimate of drug-likeness (QED) is 0.723. The van der Waals surface area contributed by atoms with Gasteiger partial charge < -0.3 is 15.2 Å². The second-order valence-corrected chi connectivity index (χ2v) is 3.21. The van der Waals surface area contributed by atoms with E-state index in [1.54, 1.807) is 10.6 Å².